The summed E-state index contributed by atoms with van der Waals surface area (Å²) in [5.41, 5.74) is 2.30. The highest BCUT2D eigenvalue weighted by atomic mass is 35.5. The average Bonchev–Trinajstić information content (AvgIpc) is 3.35. The number of carbonyl (C=O) groups excluding carboxylic acids is 2. The first-order valence-electron chi connectivity index (χ1n) is 11.0. The minimum absolute atomic E-state index is 0.119. The van der Waals surface area contributed by atoms with Crippen LogP contribution in [0, 0.1) is 0 Å². The molecule has 0 bridgehead atoms. The number of morpholine rings is 1. The Morgan fingerprint density at radius 2 is 1.82 bits per heavy atom. The van der Waals surface area contributed by atoms with Gasteiger partial charge in [-0.2, -0.15) is 0 Å². The molecular weight excluding hydrogens is 479 g/mol. The van der Waals surface area contributed by atoms with Gasteiger partial charge in [0.1, 0.15) is 5.76 Å². The standard InChI is InChI=1S/C25H24Cl2N2O5/c1-2-11-33-25(31)18-15-17(4-6-21(18)29-9-12-32-13-10-29)28-24(30)23-8-7-22(34-23)16-3-5-19(26)20(27)14-16/h3-8,14-15H,2,9-13H2,1H3,(H,28,30). The highest BCUT2D eigenvalue weighted by Crippen LogP contribution is 2.30. The summed E-state index contributed by atoms with van der Waals surface area (Å²) < 4.78 is 16.5. The Kier molecular flexibility index (Phi) is 7.77. The number of halogens is 2. The molecule has 1 saturated heterocycles. The molecule has 3 aromatic rings. The number of ether oxygens (including phenoxy) is 2. The lowest BCUT2D eigenvalue weighted by Gasteiger charge is -2.30. The second-order valence-electron chi connectivity index (χ2n) is 7.71. The molecule has 0 aliphatic carbocycles. The van der Waals surface area contributed by atoms with Gasteiger partial charge in [0.25, 0.3) is 5.91 Å². The van der Waals surface area contributed by atoms with Crippen molar-refractivity contribution in [2.24, 2.45) is 0 Å². The number of nitrogens with one attached hydrogen (secondary N) is 1. The van der Waals surface area contributed by atoms with E-state index < -0.39 is 11.9 Å². The zero-order valence-electron chi connectivity index (χ0n) is 18.6. The van der Waals surface area contributed by atoms with Crippen LogP contribution in [0.2, 0.25) is 10.0 Å². The van der Waals surface area contributed by atoms with E-state index in [1.54, 1.807) is 42.5 Å². The van der Waals surface area contributed by atoms with Gasteiger partial charge in [-0.15, -0.1) is 0 Å². The van der Waals surface area contributed by atoms with E-state index in [4.69, 9.17) is 37.1 Å². The molecule has 0 unspecified atom stereocenters. The summed E-state index contributed by atoms with van der Waals surface area (Å²) in [5, 5.41) is 3.62. The number of anilines is 2. The van der Waals surface area contributed by atoms with Gasteiger partial charge in [-0.3, -0.25) is 4.79 Å². The highest BCUT2D eigenvalue weighted by Gasteiger charge is 2.21. The smallest absolute Gasteiger partial charge is 0.340 e. The van der Waals surface area contributed by atoms with Crippen LogP contribution in [0.25, 0.3) is 11.3 Å². The molecule has 34 heavy (non-hydrogen) atoms. The summed E-state index contributed by atoms with van der Waals surface area (Å²) in [5.74, 6) is -0.277. The van der Waals surface area contributed by atoms with Gasteiger partial charge in [-0.1, -0.05) is 30.1 Å². The predicted octanol–water partition coefficient (Wildman–Crippen LogP) is 5.91. The minimum atomic E-state index is -0.446. The molecule has 4 rings (SSSR count). The van der Waals surface area contributed by atoms with Gasteiger partial charge in [-0.05, 0) is 55.0 Å². The molecule has 1 aliphatic rings. The Balaban J connectivity index is 1.54. The van der Waals surface area contributed by atoms with Crippen LogP contribution >= 0.6 is 23.2 Å². The van der Waals surface area contributed by atoms with Gasteiger partial charge >= 0.3 is 5.97 Å². The summed E-state index contributed by atoms with van der Waals surface area (Å²) in [7, 11) is 0. The predicted molar refractivity (Wildman–Crippen MR) is 132 cm³/mol. The first-order valence-corrected chi connectivity index (χ1v) is 11.7. The number of furan rings is 1. The third-order valence-electron chi connectivity index (χ3n) is 5.30. The zero-order chi connectivity index (χ0) is 24.1. The maximum absolute atomic E-state index is 12.8. The third-order valence-corrected chi connectivity index (χ3v) is 6.04. The van der Waals surface area contributed by atoms with Crippen LogP contribution in [-0.2, 0) is 9.47 Å². The van der Waals surface area contributed by atoms with E-state index in [1.807, 2.05) is 13.0 Å². The number of hydrogen-bond donors (Lipinski definition) is 1. The summed E-state index contributed by atoms with van der Waals surface area (Å²) in [6.45, 7) is 4.76. The molecule has 1 amide bonds. The number of rotatable bonds is 7. The van der Waals surface area contributed by atoms with Crippen molar-refractivity contribution in [3.8, 4) is 11.3 Å². The second kappa shape index (κ2) is 11.0. The van der Waals surface area contributed by atoms with E-state index >= 15 is 0 Å². The van der Waals surface area contributed by atoms with E-state index in [2.05, 4.69) is 10.2 Å². The van der Waals surface area contributed by atoms with E-state index in [0.717, 1.165) is 5.69 Å². The first kappa shape index (κ1) is 24.1. The molecule has 9 heteroatoms. The van der Waals surface area contributed by atoms with Crippen molar-refractivity contribution >= 4 is 46.5 Å². The highest BCUT2D eigenvalue weighted by molar-refractivity contribution is 6.42. The summed E-state index contributed by atoms with van der Waals surface area (Å²) in [6.07, 6.45) is 0.717. The molecule has 1 aliphatic heterocycles. The van der Waals surface area contributed by atoms with Crippen LogP contribution in [0.1, 0.15) is 34.3 Å². The number of nitrogens with zero attached hydrogens (tertiary/aromatic N) is 1. The molecule has 0 saturated carbocycles. The number of esters is 1. The minimum Gasteiger partial charge on any atom is -0.462 e. The second-order valence-corrected chi connectivity index (χ2v) is 8.53. The average molecular weight is 503 g/mol. The van der Waals surface area contributed by atoms with Crippen molar-refractivity contribution in [1.82, 2.24) is 0 Å². The lowest BCUT2D eigenvalue weighted by molar-refractivity contribution is 0.0504. The molecule has 2 heterocycles. The molecule has 178 valence electrons. The van der Waals surface area contributed by atoms with E-state index in [9.17, 15) is 9.59 Å². The fourth-order valence-corrected chi connectivity index (χ4v) is 3.89. The molecule has 2 aromatic carbocycles. The number of benzene rings is 2. The fraction of sp³-hybridized carbons (Fsp3) is 0.280. The normalized spacial score (nSPS) is 13.6. The summed E-state index contributed by atoms with van der Waals surface area (Å²) in [6, 6.07) is 13.5. The number of carbonyl (C=O) groups is 2. The molecule has 0 atom stereocenters. The van der Waals surface area contributed by atoms with Crippen molar-refractivity contribution in [2.75, 3.05) is 43.1 Å². The van der Waals surface area contributed by atoms with Crippen LogP contribution in [0.5, 0.6) is 0 Å². The third kappa shape index (κ3) is 5.55. The topological polar surface area (TPSA) is 81.0 Å². The molecule has 7 nitrogen and oxygen atoms in total. The van der Waals surface area contributed by atoms with E-state index in [1.165, 1.54) is 0 Å². The quantitative estimate of drug-likeness (QED) is 0.404. The van der Waals surface area contributed by atoms with Gasteiger partial charge in [0.15, 0.2) is 5.76 Å². The van der Waals surface area contributed by atoms with Crippen molar-refractivity contribution in [3.05, 3.63) is 69.9 Å². The first-order chi connectivity index (χ1) is 16.5. The van der Waals surface area contributed by atoms with Gasteiger partial charge in [0.05, 0.1) is 41.1 Å². The van der Waals surface area contributed by atoms with Crippen LogP contribution in [-0.4, -0.2) is 44.8 Å². The number of amides is 1. The van der Waals surface area contributed by atoms with Crippen molar-refractivity contribution in [1.29, 1.82) is 0 Å². The SMILES string of the molecule is CCCOC(=O)c1cc(NC(=O)c2ccc(-c3ccc(Cl)c(Cl)c3)o2)ccc1N1CCOCC1. The van der Waals surface area contributed by atoms with Crippen LogP contribution < -0.4 is 10.2 Å². The summed E-state index contributed by atoms with van der Waals surface area (Å²) in [4.78, 5) is 27.7. The Morgan fingerprint density at radius 3 is 2.56 bits per heavy atom. The number of hydrogen-bond acceptors (Lipinski definition) is 6. The van der Waals surface area contributed by atoms with Crippen molar-refractivity contribution < 1.29 is 23.5 Å². The molecule has 1 fully saturated rings. The zero-order valence-corrected chi connectivity index (χ0v) is 20.1. The van der Waals surface area contributed by atoms with Gasteiger partial charge < -0.3 is 24.1 Å². The Labute approximate surface area is 207 Å². The molecule has 1 N–H and O–H groups in total. The van der Waals surface area contributed by atoms with E-state index in [-0.39, 0.29) is 5.76 Å². The Morgan fingerprint density at radius 1 is 1.03 bits per heavy atom. The van der Waals surface area contributed by atoms with Gasteiger partial charge in [0, 0.05) is 24.3 Å². The maximum atomic E-state index is 12.8. The largest absolute Gasteiger partial charge is 0.462 e. The lowest BCUT2D eigenvalue weighted by atomic mass is 10.1. The lowest BCUT2D eigenvalue weighted by Crippen LogP contribution is -2.37. The molecule has 1 aromatic heterocycles. The Hall–Kier alpha value is -3.00. The molecule has 0 spiro atoms. The van der Waals surface area contributed by atoms with Crippen molar-refractivity contribution in [3.63, 3.8) is 0 Å². The summed E-state index contributed by atoms with van der Waals surface area (Å²) >= 11 is 12.0. The Bertz CT molecular complexity index is 1190. The van der Waals surface area contributed by atoms with Gasteiger partial charge in [0.2, 0.25) is 0 Å². The maximum Gasteiger partial charge on any atom is 0.340 e. The van der Waals surface area contributed by atoms with E-state index in [0.29, 0.717) is 72.0 Å². The monoisotopic (exact) mass is 502 g/mol. The van der Waals surface area contributed by atoms with Crippen LogP contribution in [0.4, 0.5) is 11.4 Å². The van der Waals surface area contributed by atoms with Gasteiger partial charge in [-0.25, -0.2) is 4.79 Å². The molecular formula is C25H24Cl2N2O5. The van der Waals surface area contributed by atoms with Crippen LogP contribution in [0.3, 0.4) is 0 Å². The van der Waals surface area contributed by atoms with Crippen LogP contribution in [0.15, 0.2) is 52.9 Å². The fourth-order valence-electron chi connectivity index (χ4n) is 3.59. The molecule has 0 radical (unpaired) electrons. The van der Waals surface area contributed by atoms with Crippen molar-refractivity contribution in [2.45, 2.75) is 13.3 Å².